The molecule has 1 N–H and O–H groups in total. The molecule has 1 aromatic carbocycles. The van der Waals surface area contributed by atoms with Gasteiger partial charge in [0.15, 0.2) is 0 Å². The molecule has 0 aliphatic heterocycles. The van der Waals surface area contributed by atoms with E-state index in [1.165, 1.54) is 5.56 Å². The van der Waals surface area contributed by atoms with Crippen molar-refractivity contribution in [2.45, 2.75) is 6.54 Å². The average Bonchev–Trinajstić information content (AvgIpc) is 2.46. The van der Waals surface area contributed by atoms with Crippen molar-refractivity contribution in [2.75, 3.05) is 20.3 Å². The van der Waals surface area contributed by atoms with Gasteiger partial charge >= 0.3 is 0 Å². The van der Waals surface area contributed by atoms with Crippen molar-refractivity contribution in [3.05, 3.63) is 52.8 Å². The number of rotatable bonds is 7. The maximum atomic E-state index is 5.72. The topological polar surface area (TPSA) is 43.4 Å². The summed E-state index contributed by atoms with van der Waals surface area (Å²) in [7, 11) is 1.70. The maximum absolute atomic E-state index is 5.72. The summed E-state index contributed by atoms with van der Waals surface area (Å²) in [6, 6.07) is 9.67. The van der Waals surface area contributed by atoms with Crippen molar-refractivity contribution in [2.24, 2.45) is 0 Å². The summed E-state index contributed by atoms with van der Waals surface area (Å²) in [5, 5.41) is 3.31. The predicted octanol–water partition coefficient (Wildman–Crippen LogP) is 3.37. The largest absolute Gasteiger partial charge is 0.456 e. The molecule has 4 nitrogen and oxygen atoms in total. The zero-order valence-electron chi connectivity index (χ0n) is 11.3. The molecule has 2 rings (SSSR count). The van der Waals surface area contributed by atoms with E-state index in [0.29, 0.717) is 6.61 Å². The van der Waals surface area contributed by atoms with Crippen molar-refractivity contribution < 1.29 is 9.47 Å². The van der Waals surface area contributed by atoms with Crippen molar-refractivity contribution in [3.63, 3.8) is 0 Å². The molecule has 20 heavy (non-hydrogen) atoms. The third-order valence-electron chi connectivity index (χ3n) is 2.69. The van der Waals surface area contributed by atoms with E-state index in [2.05, 4.69) is 26.2 Å². The number of ether oxygens (including phenoxy) is 2. The molecular formula is C15H17BrN2O2. The summed E-state index contributed by atoms with van der Waals surface area (Å²) in [6.45, 7) is 2.33. The molecule has 0 aliphatic carbocycles. The number of benzene rings is 1. The lowest BCUT2D eigenvalue weighted by Gasteiger charge is -2.09. The van der Waals surface area contributed by atoms with Crippen LogP contribution in [-0.4, -0.2) is 25.2 Å². The van der Waals surface area contributed by atoms with Crippen molar-refractivity contribution >= 4 is 15.9 Å². The van der Waals surface area contributed by atoms with Gasteiger partial charge in [0.2, 0.25) is 0 Å². The Hall–Kier alpha value is -1.43. The molecule has 0 unspecified atom stereocenters. The second kappa shape index (κ2) is 7.99. The zero-order valence-corrected chi connectivity index (χ0v) is 12.9. The van der Waals surface area contributed by atoms with E-state index in [1.807, 2.05) is 30.3 Å². The summed E-state index contributed by atoms with van der Waals surface area (Å²) in [5.74, 6) is 1.51. The zero-order chi connectivity index (χ0) is 14.2. The second-order valence-corrected chi connectivity index (χ2v) is 5.07. The van der Waals surface area contributed by atoms with E-state index in [4.69, 9.17) is 9.47 Å². The van der Waals surface area contributed by atoms with E-state index >= 15 is 0 Å². The average molecular weight is 337 g/mol. The first-order valence-electron chi connectivity index (χ1n) is 6.35. The minimum Gasteiger partial charge on any atom is -0.456 e. The van der Waals surface area contributed by atoms with Crippen LogP contribution >= 0.6 is 15.9 Å². The lowest BCUT2D eigenvalue weighted by atomic mass is 10.2. The van der Waals surface area contributed by atoms with Crippen LogP contribution in [0.15, 0.2) is 47.2 Å². The summed E-state index contributed by atoms with van der Waals surface area (Å²) < 4.78 is 11.7. The molecule has 106 valence electrons. The highest BCUT2D eigenvalue weighted by atomic mass is 79.9. The van der Waals surface area contributed by atoms with Crippen LogP contribution in [0.1, 0.15) is 5.56 Å². The predicted molar refractivity (Wildman–Crippen MR) is 82.0 cm³/mol. The van der Waals surface area contributed by atoms with Gasteiger partial charge in [-0.2, -0.15) is 0 Å². The van der Waals surface area contributed by atoms with Crippen molar-refractivity contribution in [1.82, 2.24) is 10.3 Å². The molecule has 0 bridgehead atoms. The third-order valence-corrected chi connectivity index (χ3v) is 3.43. The van der Waals surface area contributed by atoms with Crippen LogP contribution in [0.5, 0.6) is 11.5 Å². The van der Waals surface area contributed by atoms with E-state index in [9.17, 15) is 0 Å². The van der Waals surface area contributed by atoms with Gasteiger partial charge in [-0.1, -0.05) is 22.0 Å². The highest BCUT2D eigenvalue weighted by Gasteiger charge is 2.03. The molecule has 0 saturated carbocycles. The number of pyridine rings is 1. The van der Waals surface area contributed by atoms with Crippen molar-refractivity contribution in [1.29, 1.82) is 0 Å². The second-order valence-electron chi connectivity index (χ2n) is 4.21. The van der Waals surface area contributed by atoms with Crippen LogP contribution < -0.4 is 10.1 Å². The standard InChI is InChI=1S/C15H17BrN2O2/c1-19-8-7-18-10-12-4-5-13(9-15(12)16)20-14-3-2-6-17-11-14/h2-6,9,11,18H,7-8,10H2,1H3. The van der Waals surface area contributed by atoms with Gasteiger partial charge in [0.25, 0.3) is 0 Å². The van der Waals surface area contributed by atoms with Gasteiger partial charge in [-0.05, 0) is 29.8 Å². The Labute approximate surface area is 127 Å². The fraction of sp³-hybridized carbons (Fsp3) is 0.267. The van der Waals surface area contributed by atoms with Crippen molar-refractivity contribution in [3.8, 4) is 11.5 Å². The molecule has 0 saturated heterocycles. The SMILES string of the molecule is COCCNCc1ccc(Oc2cccnc2)cc1Br. The molecule has 5 heteroatoms. The number of nitrogens with one attached hydrogen (secondary N) is 1. The molecule has 1 aromatic heterocycles. The van der Waals surface area contributed by atoms with Crippen LogP contribution in [-0.2, 0) is 11.3 Å². The molecule has 1 heterocycles. The number of nitrogens with zero attached hydrogens (tertiary/aromatic N) is 1. The van der Waals surface area contributed by atoms with Crippen LogP contribution in [0.3, 0.4) is 0 Å². The van der Waals surface area contributed by atoms with E-state index < -0.39 is 0 Å². The van der Waals surface area contributed by atoms with E-state index in [1.54, 1.807) is 19.5 Å². The summed E-state index contributed by atoms with van der Waals surface area (Å²) >= 11 is 3.56. The molecule has 0 radical (unpaired) electrons. The van der Waals surface area contributed by atoms with Gasteiger partial charge in [0, 0.05) is 30.9 Å². The number of methoxy groups -OCH3 is 1. The fourth-order valence-electron chi connectivity index (χ4n) is 1.68. The Kier molecular flexibility index (Phi) is 5.98. The molecular weight excluding hydrogens is 320 g/mol. The summed E-state index contributed by atoms with van der Waals surface area (Å²) in [4.78, 5) is 4.02. The lowest BCUT2D eigenvalue weighted by molar-refractivity contribution is 0.199. The maximum Gasteiger partial charge on any atom is 0.145 e. The van der Waals surface area contributed by atoms with Crippen LogP contribution in [0.2, 0.25) is 0 Å². The highest BCUT2D eigenvalue weighted by Crippen LogP contribution is 2.26. The number of hydrogen-bond donors (Lipinski definition) is 1. The fourth-order valence-corrected chi connectivity index (χ4v) is 2.17. The Morgan fingerprint density at radius 1 is 1.25 bits per heavy atom. The molecule has 0 atom stereocenters. The lowest BCUT2D eigenvalue weighted by Crippen LogP contribution is -2.18. The van der Waals surface area contributed by atoms with E-state index in [0.717, 1.165) is 29.1 Å². The Morgan fingerprint density at radius 2 is 2.15 bits per heavy atom. The first-order valence-corrected chi connectivity index (χ1v) is 7.15. The monoisotopic (exact) mass is 336 g/mol. The quantitative estimate of drug-likeness (QED) is 0.787. The minimum absolute atomic E-state index is 0.708. The van der Waals surface area contributed by atoms with Crippen LogP contribution in [0.4, 0.5) is 0 Å². The Bertz CT molecular complexity index is 535. The number of hydrogen-bond acceptors (Lipinski definition) is 4. The van der Waals surface area contributed by atoms with Gasteiger partial charge in [0.1, 0.15) is 11.5 Å². The van der Waals surface area contributed by atoms with Gasteiger partial charge in [-0.3, -0.25) is 4.98 Å². The molecule has 2 aromatic rings. The number of aromatic nitrogens is 1. The molecule has 0 spiro atoms. The molecule has 0 amide bonds. The van der Waals surface area contributed by atoms with E-state index in [-0.39, 0.29) is 0 Å². The summed E-state index contributed by atoms with van der Waals surface area (Å²) in [6.07, 6.45) is 3.41. The first kappa shape index (κ1) is 15.0. The molecule has 0 aliphatic rings. The first-order chi connectivity index (χ1) is 9.79. The van der Waals surface area contributed by atoms with Gasteiger partial charge in [0.05, 0.1) is 12.8 Å². The third kappa shape index (κ3) is 4.59. The normalized spacial score (nSPS) is 10.5. The highest BCUT2D eigenvalue weighted by molar-refractivity contribution is 9.10. The van der Waals surface area contributed by atoms with Gasteiger partial charge in [-0.25, -0.2) is 0 Å². The molecule has 0 fully saturated rings. The van der Waals surface area contributed by atoms with Crippen LogP contribution in [0, 0.1) is 0 Å². The van der Waals surface area contributed by atoms with Crippen LogP contribution in [0.25, 0.3) is 0 Å². The number of halogens is 1. The van der Waals surface area contributed by atoms with Gasteiger partial charge < -0.3 is 14.8 Å². The smallest absolute Gasteiger partial charge is 0.145 e. The van der Waals surface area contributed by atoms with Gasteiger partial charge in [-0.15, -0.1) is 0 Å². The Balaban J connectivity index is 1.95. The Morgan fingerprint density at radius 3 is 2.85 bits per heavy atom. The summed E-state index contributed by atoms with van der Waals surface area (Å²) in [5.41, 5.74) is 1.18. The minimum atomic E-state index is 0.708.